The number of benzene rings is 2. The van der Waals surface area contributed by atoms with Gasteiger partial charge in [-0.15, -0.1) is 11.3 Å². The van der Waals surface area contributed by atoms with Crippen molar-refractivity contribution in [3.05, 3.63) is 91.6 Å². The molecule has 6 nitrogen and oxygen atoms in total. The van der Waals surface area contributed by atoms with E-state index in [1.165, 1.54) is 28.4 Å². The fourth-order valence-corrected chi connectivity index (χ4v) is 4.94. The molecular formula is C25H24N2O4S. The van der Waals surface area contributed by atoms with E-state index in [-0.39, 0.29) is 17.9 Å². The summed E-state index contributed by atoms with van der Waals surface area (Å²) in [7, 11) is 0. The summed E-state index contributed by atoms with van der Waals surface area (Å²) >= 11 is 1.25. The highest BCUT2D eigenvalue weighted by atomic mass is 32.1. The summed E-state index contributed by atoms with van der Waals surface area (Å²) < 4.78 is 0. The smallest absolute Gasteiger partial charge is 0.290 e. The molecule has 3 aromatic rings. The molecule has 164 valence electrons. The molecule has 2 aromatic carbocycles. The van der Waals surface area contributed by atoms with Crippen LogP contribution in [-0.2, 0) is 11.3 Å². The monoisotopic (exact) mass is 448 g/mol. The van der Waals surface area contributed by atoms with E-state index in [4.69, 9.17) is 0 Å². The van der Waals surface area contributed by atoms with Gasteiger partial charge in [-0.3, -0.25) is 9.59 Å². The molecule has 2 N–H and O–H groups in total. The molecule has 0 bridgehead atoms. The summed E-state index contributed by atoms with van der Waals surface area (Å²) in [6, 6.07) is 11.6. The molecular weight excluding hydrogens is 424 g/mol. The molecule has 32 heavy (non-hydrogen) atoms. The molecule has 1 unspecified atom stereocenters. The third-order valence-electron chi connectivity index (χ3n) is 5.71. The Morgan fingerprint density at radius 1 is 1.06 bits per heavy atom. The van der Waals surface area contributed by atoms with Gasteiger partial charge >= 0.3 is 0 Å². The summed E-state index contributed by atoms with van der Waals surface area (Å²) in [6.45, 7) is 7.74. The molecule has 4 rings (SSSR count). The lowest BCUT2D eigenvalue weighted by Crippen LogP contribution is -2.31. The average molecular weight is 449 g/mol. The highest BCUT2D eigenvalue weighted by molar-refractivity contribution is 7.14. The number of carbonyl (C=O) groups is 2. The highest BCUT2D eigenvalue weighted by Crippen LogP contribution is 2.41. The van der Waals surface area contributed by atoms with Crippen molar-refractivity contribution in [2.45, 2.75) is 40.3 Å². The predicted octanol–water partition coefficient (Wildman–Crippen LogP) is 4.86. The number of aryl methyl sites for hydroxylation is 4. The number of phenolic OH excluding ortho intramolecular Hbond substituents is 1. The van der Waals surface area contributed by atoms with Gasteiger partial charge in [-0.2, -0.15) is 0 Å². The van der Waals surface area contributed by atoms with Crippen LogP contribution in [0.1, 0.15) is 48.7 Å². The van der Waals surface area contributed by atoms with Gasteiger partial charge in [-0.05, 0) is 56.5 Å². The number of thiazole rings is 1. The first-order valence-corrected chi connectivity index (χ1v) is 11.1. The minimum atomic E-state index is -0.780. The highest BCUT2D eigenvalue weighted by Gasteiger charge is 2.44. The largest absolute Gasteiger partial charge is 0.508 e. The maximum Gasteiger partial charge on any atom is 0.290 e. The number of nitrogens with zero attached hydrogens (tertiary/aromatic N) is 2. The third-order valence-corrected chi connectivity index (χ3v) is 6.78. The molecule has 0 aliphatic carbocycles. The summed E-state index contributed by atoms with van der Waals surface area (Å²) in [4.78, 5) is 33.0. The van der Waals surface area contributed by atoms with Gasteiger partial charge in [0.05, 0.1) is 27.2 Å². The number of hydrogen-bond acceptors (Lipinski definition) is 6. The molecule has 0 radical (unpaired) electrons. The molecule has 0 saturated heterocycles. The minimum absolute atomic E-state index is 0.0396. The number of phenols is 1. The first-order valence-electron chi connectivity index (χ1n) is 10.2. The number of aromatic hydroxyl groups is 1. The van der Waals surface area contributed by atoms with Gasteiger partial charge in [0.2, 0.25) is 5.78 Å². The van der Waals surface area contributed by atoms with Crippen LogP contribution in [0, 0.1) is 27.7 Å². The molecule has 0 saturated carbocycles. The van der Waals surface area contributed by atoms with Crippen LogP contribution in [0.2, 0.25) is 0 Å². The van der Waals surface area contributed by atoms with Crippen LogP contribution in [0.15, 0.2) is 53.8 Å². The van der Waals surface area contributed by atoms with Gasteiger partial charge in [0.1, 0.15) is 5.75 Å². The van der Waals surface area contributed by atoms with E-state index in [0.717, 1.165) is 21.7 Å². The Hall–Kier alpha value is -3.45. The summed E-state index contributed by atoms with van der Waals surface area (Å²) in [5.41, 5.74) is 4.25. The molecule has 0 fully saturated rings. The van der Waals surface area contributed by atoms with E-state index in [2.05, 4.69) is 4.98 Å². The first-order chi connectivity index (χ1) is 15.2. The maximum atomic E-state index is 13.5. The van der Waals surface area contributed by atoms with Crippen molar-refractivity contribution >= 4 is 23.0 Å². The van der Waals surface area contributed by atoms with E-state index >= 15 is 0 Å². The summed E-state index contributed by atoms with van der Waals surface area (Å²) in [5, 5.41) is 21.3. The number of rotatable bonds is 5. The Morgan fingerprint density at radius 2 is 1.75 bits per heavy atom. The van der Waals surface area contributed by atoms with E-state index in [9.17, 15) is 19.8 Å². The Balaban J connectivity index is 1.83. The second kappa shape index (κ2) is 8.24. The first kappa shape index (κ1) is 21.8. The van der Waals surface area contributed by atoms with Crippen LogP contribution in [-0.4, -0.2) is 31.8 Å². The van der Waals surface area contributed by atoms with E-state index in [0.29, 0.717) is 16.1 Å². The Kier molecular flexibility index (Phi) is 5.60. The number of amides is 1. The lowest BCUT2D eigenvalue weighted by Gasteiger charge is -2.27. The molecule has 7 heteroatoms. The number of carbonyl (C=O) groups excluding carboxylic acids is 2. The minimum Gasteiger partial charge on any atom is -0.508 e. The van der Waals surface area contributed by atoms with Crippen molar-refractivity contribution in [2.75, 3.05) is 0 Å². The average Bonchev–Trinajstić information content (AvgIpc) is 3.21. The second-order valence-corrected chi connectivity index (χ2v) is 9.30. The van der Waals surface area contributed by atoms with Gasteiger partial charge in [-0.1, -0.05) is 35.9 Å². The number of aromatic nitrogens is 1. The molecule has 2 heterocycles. The van der Waals surface area contributed by atoms with Gasteiger partial charge in [0.15, 0.2) is 5.76 Å². The van der Waals surface area contributed by atoms with E-state index < -0.39 is 23.5 Å². The molecule has 1 aliphatic rings. The lowest BCUT2D eigenvalue weighted by molar-refractivity contribution is -0.130. The predicted molar refractivity (Wildman–Crippen MR) is 123 cm³/mol. The lowest BCUT2D eigenvalue weighted by atomic mass is 9.94. The summed E-state index contributed by atoms with van der Waals surface area (Å²) in [6.07, 6.45) is 0. The van der Waals surface area contributed by atoms with Crippen LogP contribution >= 0.6 is 11.3 Å². The van der Waals surface area contributed by atoms with Crippen molar-refractivity contribution in [1.82, 2.24) is 9.88 Å². The normalized spacial score (nSPS) is 16.2. The fraction of sp³-hybridized carbons (Fsp3) is 0.240. The number of Topliss-reactive ketones (excluding diaryl/α,β-unsaturated/α-hetero) is 1. The van der Waals surface area contributed by atoms with Crippen LogP contribution in [0.25, 0.3) is 0 Å². The molecule has 1 aromatic heterocycles. The number of aliphatic hydroxyl groups is 1. The molecule has 0 spiro atoms. The SMILES string of the molecule is Cc1ccc(C)c(CN2C(=O)C(O)=C(C(=O)c3sc(C)nc3C)C2c2ccc(O)cc2)c1. The fourth-order valence-electron chi connectivity index (χ4n) is 4.07. The third kappa shape index (κ3) is 3.80. The van der Waals surface area contributed by atoms with Crippen molar-refractivity contribution in [3.8, 4) is 5.75 Å². The molecule has 1 amide bonds. The zero-order chi connectivity index (χ0) is 23.2. The number of ketones is 1. The van der Waals surface area contributed by atoms with Gasteiger partial charge in [-0.25, -0.2) is 4.98 Å². The van der Waals surface area contributed by atoms with Crippen LogP contribution in [0.5, 0.6) is 5.75 Å². The Labute approximate surface area is 190 Å². The van der Waals surface area contributed by atoms with Crippen molar-refractivity contribution in [2.24, 2.45) is 0 Å². The zero-order valence-electron chi connectivity index (χ0n) is 18.3. The number of hydrogen-bond donors (Lipinski definition) is 2. The number of aliphatic hydroxyl groups excluding tert-OH is 1. The van der Waals surface area contributed by atoms with Crippen molar-refractivity contribution < 1.29 is 19.8 Å². The Bertz CT molecular complexity index is 1260. The second-order valence-electron chi connectivity index (χ2n) is 8.10. The quantitative estimate of drug-likeness (QED) is 0.544. The molecule has 1 aliphatic heterocycles. The zero-order valence-corrected chi connectivity index (χ0v) is 19.2. The standard InChI is InChI=1S/C25H24N2O4S/c1-13-5-6-14(2)18(11-13)12-27-21(17-7-9-19(28)10-8-17)20(23(30)25(27)31)22(29)24-15(3)26-16(4)32-24/h5-11,21,28,30H,12H2,1-4H3. The topological polar surface area (TPSA) is 90.7 Å². The van der Waals surface area contributed by atoms with E-state index in [1.54, 1.807) is 19.1 Å². The molecule has 1 atom stereocenters. The van der Waals surface area contributed by atoms with E-state index in [1.807, 2.05) is 39.0 Å². The van der Waals surface area contributed by atoms with Crippen LogP contribution in [0.4, 0.5) is 0 Å². The maximum absolute atomic E-state index is 13.5. The van der Waals surface area contributed by atoms with Crippen molar-refractivity contribution in [1.29, 1.82) is 0 Å². The van der Waals surface area contributed by atoms with Gasteiger partial charge in [0, 0.05) is 6.54 Å². The summed E-state index contributed by atoms with van der Waals surface area (Å²) in [5.74, 6) is -1.45. The van der Waals surface area contributed by atoms with Gasteiger partial charge in [0.25, 0.3) is 5.91 Å². The Morgan fingerprint density at radius 3 is 2.38 bits per heavy atom. The van der Waals surface area contributed by atoms with Crippen molar-refractivity contribution in [3.63, 3.8) is 0 Å². The van der Waals surface area contributed by atoms with Crippen LogP contribution in [0.3, 0.4) is 0 Å². The van der Waals surface area contributed by atoms with Crippen LogP contribution < -0.4 is 0 Å². The van der Waals surface area contributed by atoms with Gasteiger partial charge < -0.3 is 15.1 Å².